The normalized spacial score (nSPS) is 12.9. The first-order valence-electron chi connectivity index (χ1n) is 5.72. The van der Waals surface area contributed by atoms with Crippen molar-refractivity contribution >= 4 is 16.9 Å². The molecule has 4 heteroatoms. The number of rotatable bonds is 4. The molecule has 0 amide bonds. The van der Waals surface area contributed by atoms with Crippen LogP contribution in [-0.2, 0) is 0 Å². The second kappa shape index (κ2) is 4.67. The summed E-state index contributed by atoms with van der Waals surface area (Å²) in [4.78, 5) is 16.1. The molecule has 0 saturated carbocycles. The van der Waals surface area contributed by atoms with Crippen LogP contribution >= 0.6 is 0 Å². The van der Waals surface area contributed by atoms with Gasteiger partial charge in [0.25, 0.3) is 0 Å². The molecule has 1 unspecified atom stereocenters. The number of hydrogen-bond donors (Lipinski definition) is 1. The van der Waals surface area contributed by atoms with E-state index in [4.69, 9.17) is 10.2 Å². The van der Waals surface area contributed by atoms with Crippen LogP contribution in [0.15, 0.2) is 22.6 Å². The number of oxazole rings is 1. The van der Waals surface area contributed by atoms with Crippen LogP contribution in [0.3, 0.4) is 0 Å². The summed E-state index contributed by atoms with van der Waals surface area (Å²) >= 11 is 0. The van der Waals surface area contributed by atoms with Crippen molar-refractivity contribution in [3.63, 3.8) is 0 Å². The molecule has 90 valence electrons. The Hall–Kier alpha value is -1.68. The topological polar surface area (TPSA) is 69.1 Å². The number of hydrogen-bond acceptors (Lipinski definition) is 4. The molecule has 1 aromatic heterocycles. The van der Waals surface area contributed by atoms with Crippen molar-refractivity contribution in [2.75, 3.05) is 0 Å². The van der Waals surface area contributed by atoms with Gasteiger partial charge in [-0.05, 0) is 31.5 Å². The van der Waals surface area contributed by atoms with Gasteiger partial charge in [0.1, 0.15) is 5.52 Å². The third kappa shape index (κ3) is 2.71. The summed E-state index contributed by atoms with van der Waals surface area (Å²) in [5.74, 6) is 0.713. The molecule has 1 aromatic carbocycles. The molecule has 2 rings (SSSR count). The molecule has 2 aromatic rings. The second-order valence-corrected chi connectivity index (χ2v) is 4.35. The van der Waals surface area contributed by atoms with Gasteiger partial charge >= 0.3 is 0 Å². The lowest BCUT2D eigenvalue weighted by Gasteiger charge is -2.03. The third-order valence-electron chi connectivity index (χ3n) is 2.64. The maximum absolute atomic E-state index is 11.9. The Morgan fingerprint density at radius 2 is 2.29 bits per heavy atom. The molecule has 0 fully saturated rings. The average Bonchev–Trinajstić information content (AvgIpc) is 2.64. The predicted octanol–water partition coefficient (Wildman–Crippen LogP) is 2.45. The summed E-state index contributed by atoms with van der Waals surface area (Å²) in [5.41, 5.74) is 7.75. The molecule has 1 heterocycles. The van der Waals surface area contributed by atoms with Gasteiger partial charge in [-0.25, -0.2) is 4.98 Å². The second-order valence-electron chi connectivity index (χ2n) is 4.35. The van der Waals surface area contributed by atoms with Gasteiger partial charge in [0.05, 0.1) is 0 Å². The van der Waals surface area contributed by atoms with Gasteiger partial charge in [-0.1, -0.05) is 0 Å². The van der Waals surface area contributed by atoms with Crippen molar-refractivity contribution in [1.82, 2.24) is 4.98 Å². The molecule has 17 heavy (non-hydrogen) atoms. The molecular weight excluding hydrogens is 216 g/mol. The number of fused-ring (bicyclic) bond motifs is 1. The van der Waals surface area contributed by atoms with E-state index in [9.17, 15) is 4.79 Å². The van der Waals surface area contributed by atoms with Crippen molar-refractivity contribution in [2.24, 2.45) is 5.73 Å². The maximum atomic E-state index is 11.9. The lowest BCUT2D eigenvalue weighted by atomic mass is 10.0. The first-order chi connectivity index (χ1) is 8.06. The van der Waals surface area contributed by atoms with Gasteiger partial charge in [0, 0.05) is 24.9 Å². The van der Waals surface area contributed by atoms with E-state index in [1.54, 1.807) is 25.1 Å². The molecule has 0 spiro atoms. The van der Waals surface area contributed by atoms with Crippen LogP contribution in [0.2, 0.25) is 0 Å². The molecule has 0 bridgehead atoms. The number of ketones is 1. The Balaban J connectivity index is 2.20. The van der Waals surface area contributed by atoms with E-state index in [0.29, 0.717) is 29.9 Å². The molecule has 1 atom stereocenters. The van der Waals surface area contributed by atoms with Crippen LogP contribution in [0.1, 0.15) is 36.0 Å². The molecule has 0 aliphatic carbocycles. The summed E-state index contributed by atoms with van der Waals surface area (Å²) in [6.45, 7) is 3.69. The molecule has 0 saturated heterocycles. The highest BCUT2D eigenvalue weighted by atomic mass is 16.3. The van der Waals surface area contributed by atoms with E-state index < -0.39 is 0 Å². The van der Waals surface area contributed by atoms with E-state index in [1.165, 1.54) is 0 Å². The average molecular weight is 232 g/mol. The lowest BCUT2D eigenvalue weighted by Crippen LogP contribution is -2.16. The van der Waals surface area contributed by atoms with Crippen molar-refractivity contribution in [2.45, 2.75) is 32.7 Å². The number of carbonyl (C=O) groups is 1. The van der Waals surface area contributed by atoms with Gasteiger partial charge in [0.15, 0.2) is 17.3 Å². The van der Waals surface area contributed by atoms with Gasteiger partial charge in [-0.2, -0.15) is 0 Å². The smallest absolute Gasteiger partial charge is 0.192 e. The monoisotopic (exact) mass is 232 g/mol. The first-order valence-corrected chi connectivity index (χ1v) is 5.72. The fourth-order valence-electron chi connectivity index (χ4n) is 1.72. The predicted molar refractivity (Wildman–Crippen MR) is 66.0 cm³/mol. The van der Waals surface area contributed by atoms with E-state index >= 15 is 0 Å². The molecule has 0 radical (unpaired) electrons. The standard InChI is InChI=1S/C13H16N2O2/c1-8(14)3-5-12(16)10-4-6-13-11(7-10)15-9(2)17-13/h4,6-8H,3,5,14H2,1-2H3. The number of nitrogens with two attached hydrogens (primary N) is 1. The minimum atomic E-state index is 0.0528. The number of benzene rings is 1. The van der Waals surface area contributed by atoms with Crippen LogP contribution in [0.5, 0.6) is 0 Å². The number of nitrogens with zero attached hydrogens (tertiary/aromatic N) is 1. The summed E-state index contributed by atoms with van der Waals surface area (Å²) in [5, 5.41) is 0. The molecule has 0 aliphatic rings. The van der Waals surface area contributed by atoms with Gasteiger partial charge in [-0.15, -0.1) is 0 Å². The summed E-state index contributed by atoms with van der Waals surface area (Å²) in [6.07, 6.45) is 1.18. The molecule has 2 N–H and O–H groups in total. The molecule has 4 nitrogen and oxygen atoms in total. The minimum Gasteiger partial charge on any atom is -0.441 e. The van der Waals surface area contributed by atoms with Crippen LogP contribution in [0.25, 0.3) is 11.1 Å². The zero-order valence-corrected chi connectivity index (χ0v) is 10.1. The third-order valence-corrected chi connectivity index (χ3v) is 2.64. The van der Waals surface area contributed by atoms with E-state index in [0.717, 1.165) is 5.52 Å². The fraction of sp³-hybridized carbons (Fsp3) is 0.385. The number of carbonyl (C=O) groups excluding carboxylic acids is 1. The van der Waals surface area contributed by atoms with Crippen molar-refractivity contribution in [3.05, 3.63) is 29.7 Å². The van der Waals surface area contributed by atoms with Crippen LogP contribution in [-0.4, -0.2) is 16.8 Å². The Morgan fingerprint density at radius 3 is 3.00 bits per heavy atom. The Morgan fingerprint density at radius 1 is 1.53 bits per heavy atom. The number of Topliss-reactive ketones (excluding diaryl/α,β-unsaturated/α-hetero) is 1. The van der Waals surface area contributed by atoms with E-state index in [-0.39, 0.29) is 11.8 Å². The molecule has 0 aliphatic heterocycles. The lowest BCUT2D eigenvalue weighted by molar-refractivity contribution is 0.0978. The van der Waals surface area contributed by atoms with Gasteiger partial charge < -0.3 is 10.2 Å². The Bertz CT molecular complexity index is 543. The first kappa shape index (κ1) is 11.8. The Kier molecular flexibility index (Phi) is 3.24. The summed E-state index contributed by atoms with van der Waals surface area (Å²) in [6, 6.07) is 5.39. The van der Waals surface area contributed by atoms with Crippen molar-refractivity contribution in [3.8, 4) is 0 Å². The van der Waals surface area contributed by atoms with E-state index in [2.05, 4.69) is 4.98 Å². The SMILES string of the molecule is Cc1nc2cc(C(=O)CCC(C)N)ccc2o1. The Labute approximate surface area is 99.8 Å². The zero-order chi connectivity index (χ0) is 12.4. The largest absolute Gasteiger partial charge is 0.441 e. The highest BCUT2D eigenvalue weighted by Crippen LogP contribution is 2.18. The maximum Gasteiger partial charge on any atom is 0.192 e. The van der Waals surface area contributed by atoms with Crippen LogP contribution < -0.4 is 5.73 Å². The van der Waals surface area contributed by atoms with E-state index in [1.807, 2.05) is 6.92 Å². The highest BCUT2D eigenvalue weighted by Gasteiger charge is 2.10. The highest BCUT2D eigenvalue weighted by molar-refractivity contribution is 5.98. The van der Waals surface area contributed by atoms with Gasteiger partial charge in [0.2, 0.25) is 0 Å². The number of aryl methyl sites for hydroxylation is 1. The summed E-state index contributed by atoms with van der Waals surface area (Å²) < 4.78 is 5.36. The van der Waals surface area contributed by atoms with Crippen LogP contribution in [0, 0.1) is 6.92 Å². The van der Waals surface area contributed by atoms with Crippen LogP contribution in [0.4, 0.5) is 0 Å². The molecular formula is C13H16N2O2. The van der Waals surface area contributed by atoms with Crippen molar-refractivity contribution < 1.29 is 9.21 Å². The minimum absolute atomic E-state index is 0.0528. The quantitative estimate of drug-likeness (QED) is 0.822. The van der Waals surface area contributed by atoms with Gasteiger partial charge in [-0.3, -0.25) is 4.79 Å². The zero-order valence-electron chi connectivity index (χ0n) is 10.1. The van der Waals surface area contributed by atoms with Crippen molar-refractivity contribution in [1.29, 1.82) is 0 Å². The fourth-order valence-corrected chi connectivity index (χ4v) is 1.72. The summed E-state index contributed by atoms with van der Waals surface area (Å²) in [7, 11) is 0. The number of aromatic nitrogens is 1.